The van der Waals surface area contributed by atoms with Gasteiger partial charge in [0.25, 0.3) is 5.91 Å². The molecular formula is C18H23N5O3. The molecule has 0 spiro atoms. The van der Waals surface area contributed by atoms with Crippen molar-refractivity contribution < 1.29 is 14.1 Å². The van der Waals surface area contributed by atoms with Crippen LogP contribution >= 0.6 is 0 Å². The van der Waals surface area contributed by atoms with Crippen LogP contribution in [0.25, 0.3) is 0 Å². The lowest BCUT2D eigenvalue weighted by Gasteiger charge is -2.35. The zero-order valence-corrected chi connectivity index (χ0v) is 14.7. The van der Waals surface area contributed by atoms with E-state index in [1.165, 1.54) is 12.8 Å². The predicted molar refractivity (Wildman–Crippen MR) is 92.5 cm³/mol. The molecule has 2 amide bonds. The summed E-state index contributed by atoms with van der Waals surface area (Å²) in [6.45, 7) is 2.44. The van der Waals surface area contributed by atoms with E-state index in [9.17, 15) is 9.59 Å². The number of carbonyl (C=O) groups excluding carboxylic acids is 2. The van der Waals surface area contributed by atoms with Gasteiger partial charge < -0.3 is 15.2 Å². The first kappa shape index (κ1) is 16.8. The number of nitrogens with one attached hydrogen (secondary N) is 3. The Morgan fingerprint density at radius 1 is 1.31 bits per heavy atom. The Morgan fingerprint density at radius 3 is 2.81 bits per heavy atom. The lowest BCUT2D eigenvalue weighted by atomic mass is 9.80. The van der Waals surface area contributed by atoms with Crippen LogP contribution < -0.4 is 10.6 Å². The van der Waals surface area contributed by atoms with Crippen LogP contribution in [0.15, 0.2) is 16.7 Å². The standard InChI is InChI=1S/C18H23N5O3/c1-10-4-14(26-23-10)7-17(24)19-9-11-5-13(6-11)20-18(25)16-8-15(21-22-16)12-2-3-12/h4,8,11-13H,2-3,5-7,9H2,1H3,(H,19,24)(H,20,25)(H,21,22). The van der Waals surface area contributed by atoms with Crippen molar-refractivity contribution in [1.82, 2.24) is 26.0 Å². The topological polar surface area (TPSA) is 113 Å². The second-order valence-corrected chi connectivity index (χ2v) is 7.41. The maximum absolute atomic E-state index is 12.2. The fourth-order valence-electron chi connectivity index (χ4n) is 3.31. The van der Waals surface area contributed by atoms with Crippen molar-refractivity contribution >= 4 is 11.8 Å². The fourth-order valence-corrected chi connectivity index (χ4v) is 3.31. The quantitative estimate of drug-likeness (QED) is 0.694. The smallest absolute Gasteiger partial charge is 0.271 e. The minimum absolute atomic E-state index is 0.0715. The van der Waals surface area contributed by atoms with Crippen molar-refractivity contribution in [3.8, 4) is 0 Å². The van der Waals surface area contributed by atoms with Gasteiger partial charge >= 0.3 is 0 Å². The summed E-state index contributed by atoms with van der Waals surface area (Å²) in [6, 6.07) is 3.77. The third kappa shape index (κ3) is 3.95. The van der Waals surface area contributed by atoms with Gasteiger partial charge in [0, 0.05) is 30.3 Å². The number of aromatic amines is 1. The summed E-state index contributed by atoms with van der Waals surface area (Å²) in [7, 11) is 0. The average molecular weight is 357 g/mol. The Bertz CT molecular complexity index is 801. The molecule has 8 nitrogen and oxygen atoms in total. The van der Waals surface area contributed by atoms with Crippen LogP contribution in [0.5, 0.6) is 0 Å². The first-order valence-electron chi connectivity index (χ1n) is 9.12. The molecule has 0 bridgehead atoms. The molecule has 26 heavy (non-hydrogen) atoms. The number of carbonyl (C=O) groups is 2. The van der Waals surface area contributed by atoms with E-state index in [0.717, 1.165) is 24.2 Å². The van der Waals surface area contributed by atoms with Gasteiger partial charge in [0.2, 0.25) is 5.91 Å². The van der Waals surface area contributed by atoms with Crippen LogP contribution in [0.2, 0.25) is 0 Å². The minimum Gasteiger partial charge on any atom is -0.361 e. The van der Waals surface area contributed by atoms with E-state index in [2.05, 4.69) is 26.0 Å². The predicted octanol–water partition coefficient (Wildman–Crippen LogP) is 1.45. The van der Waals surface area contributed by atoms with Gasteiger partial charge in [-0.15, -0.1) is 0 Å². The van der Waals surface area contributed by atoms with E-state index in [0.29, 0.717) is 29.8 Å². The van der Waals surface area contributed by atoms with Crippen molar-refractivity contribution in [2.75, 3.05) is 6.54 Å². The van der Waals surface area contributed by atoms with Gasteiger partial charge in [-0.2, -0.15) is 5.10 Å². The summed E-state index contributed by atoms with van der Waals surface area (Å²) >= 11 is 0. The number of nitrogens with zero attached hydrogens (tertiary/aromatic N) is 2. The molecule has 0 aromatic carbocycles. The average Bonchev–Trinajstić information content (AvgIpc) is 3.16. The Hall–Kier alpha value is -2.64. The summed E-state index contributed by atoms with van der Waals surface area (Å²) in [6.07, 6.45) is 4.29. The molecule has 2 aliphatic rings. The van der Waals surface area contributed by atoms with Gasteiger partial charge in [-0.1, -0.05) is 5.16 Å². The zero-order chi connectivity index (χ0) is 18.1. The highest BCUT2D eigenvalue weighted by Crippen LogP contribution is 2.39. The van der Waals surface area contributed by atoms with Crippen LogP contribution in [0.3, 0.4) is 0 Å². The van der Waals surface area contributed by atoms with Crippen LogP contribution in [0.1, 0.15) is 59.2 Å². The first-order chi connectivity index (χ1) is 12.6. The molecule has 2 heterocycles. The summed E-state index contributed by atoms with van der Waals surface area (Å²) < 4.78 is 5.04. The second-order valence-electron chi connectivity index (χ2n) is 7.41. The third-order valence-electron chi connectivity index (χ3n) is 5.02. The molecular weight excluding hydrogens is 334 g/mol. The number of amides is 2. The first-order valence-corrected chi connectivity index (χ1v) is 9.12. The molecule has 0 radical (unpaired) electrons. The monoisotopic (exact) mass is 357 g/mol. The molecule has 2 saturated carbocycles. The highest BCUT2D eigenvalue weighted by molar-refractivity contribution is 5.92. The number of aryl methyl sites for hydroxylation is 1. The van der Waals surface area contributed by atoms with Crippen LogP contribution in [0, 0.1) is 12.8 Å². The van der Waals surface area contributed by atoms with Crippen molar-refractivity contribution in [1.29, 1.82) is 0 Å². The molecule has 0 saturated heterocycles. The van der Waals surface area contributed by atoms with Crippen molar-refractivity contribution in [3.63, 3.8) is 0 Å². The molecule has 2 aromatic heterocycles. The third-order valence-corrected chi connectivity index (χ3v) is 5.02. The molecule has 3 N–H and O–H groups in total. The molecule has 0 aliphatic heterocycles. The lowest BCUT2D eigenvalue weighted by molar-refractivity contribution is -0.121. The highest BCUT2D eigenvalue weighted by Gasteiger charge is 2.32. The highest BCUT2D eigenvalue weighted by atomic mass is 16.5. The van der Waals surface area contributed by atoms with Gasteiger partial charge in [0.15, 0.2) is 0 Å². The minimum atomic E-state index is -0.124. The van der Waals surface area contributed by atoms with Crippen molar-refractivity contribution in [2.45, 2.75) is 51.0 Å². The maximum Gasteiger partial charge on any atom is 0.271 e. The Balaban J connectivity index is 1.14. The summed E-state index contributed by atoms with van der Waals surface area (Å²) in [4.78, 5) is 24.1. The molecule has 8 heteroatoms. The molecule has 0 atom stereocenters. The summed E-state index contributed by atoms with van der Waals surface area (Å²) in [5.41, 5.74) is 2.30. The van der Waals surface area contributed by atoms with E-state index >= 15 is 0 Å². The Kier molecular flexibility index (Phi) is 4.48. The lowest BCUT2D eigenvalue weighted by Crippen LogP contribution is -2.47. The zero-order valence-electron chi connectivity index (χ0n) is 14.7. The molecule has 4 rings (SSSR count). The van der Waals surface area contributed by atoms with Crippen molar-refractivity contribution in [2.24, 2.45) is 5.92 Å². The molecule has 0 unspecified atom stereocenters. The number of hydrogen-bond donors (Lipinski definition) is 3. The number of H-pyrrole nitrogens is 1. The van der Waals surface area contributed by atoms with Gasteiger partial charge in [-0.05, 0) is 44.6 Å². The molecule has 2 aliphatic carbocycles. The molecule has 2 fully saturated rings. The molecule has 138 valence electrons. The van der Waals surface area contributed by atoms with Gasteiger partial charge in [-0.3, -0.25) is 14.7 Å². The van der Waals surface area contributed by atoms with E-state index in [-0.39, 0.29) is 24.3 Å². The van der Waals surface area contributed by atoms with Crippen LogP contribution in [0.4, 0.5) is 0 Å². The largest absolute Gasteiger partial charge is 0.361 e. The maximum atomic E-state index is 12.2. The summed E-state index contributed by atoms with van der Waals surface area (Å²) in [5.74, 6) is 1.32. The molecule has 2 aromatic rings. The normalized spacial score (nSPS) is 21.9. The second kappa shape index (κ2) is 6.93. The number of aromatic nitrogens is 3. The van der Waals surface area contributed by atoms with Crippen molar-refractivity contribution in [3.05, 3.63) is 35.0 Å². The Labute approximate surface area is 151 Å². The van der Waals surface area contributed by atoms with Gasteiger partial charge in [0.1, 0.15) is 11.5 Å². The number of hydrogen-bond acceptors (Lipinski definition) is 5. The van der Waals surface area contributed by atoms with Crippen LogP contribution in [-0.4, -0.2) is 39.8 Å². The van der Waals surface area contributed by atoms with E-state index in [1.807, 2.05) is 13.0 Å². The van der Waals surface area contributed by atoms with E-state index in [1.54, 1.807) is 6.07 Å². The fraction of sp³-hybridized carbons (Fsp3) is 0.556. The van der Waals surface area contributed by atoms with Gasteiger partial charge in [0.05, 0.1) is 12.1 Å². The van der Waals surface area contributed by atoms with Gasteiger partial charge in [-0.25, -0.2) is 0 Å². The van der Waals surface area contributed by atoms with E-state index in [4.69, 9.17) is 4.52 Å². The summed E-state index contributed by atoms with van der Waals surface area (Å²) in [5, 5.41) is 16.7. The number of rotatable bonds is 7. The SMILES string of the molecule is Cc1cc(CC(=O)NCC2CC(NC(=O)c3cc(C4CC4)[nH]n3)C2)on1. The Morgan fingerprint density at radius 2 is 2.12 bits per heavy atom. The van der Waals surface area contributed by atoms with Crippen LogP contribution in [-0.2, 0) is 11.2 Å². The van der Waals surface area contributed by atoms with E-state index < -0.39 is 0 Å².